The average Bonchev–Trinajstić information content (AvgIpc) is 2.77. The normalized spacial score (nSPS) is 11.0. The number of hydrogen-bond donors (Lipinski definition) is 2. The van der Waals surface area contributed by atoms with Crippen molar-refractivity contribution >= 4 is 41.7 Å². The van der Waals surface area contributed by atoms with E-state index in [0.29, 0.717) is 0 Å². The number of aromatic nitrogens is 1. The summed E-state index contributed by atoms with van der Waals surface area (Å²) in [6.45, 7) is 4.67. The molecule has 0 amide bonds. The molecule has 1 aromatic rings. The number of aliphatic imine (C=N–C) groups is 1. The van der Waals surface area contributed by atoms with Gasteiger partial charge in [-0.2, -0.15) is 11.8 Å². The molecule has 19 heavy (non-hydrogen) atoms. The van der Waals surface area contributed by atoms with Crippen LogP contribution >= 0.6 is 35.7 Å². The van der Waals surface area contributed by atoms with Gasteiger partial charge in [0, 0.05) is 32.5 Å². The highest BCUT2D eigenvalue weighted by Crippen LogP contribution is 2.01. The Labute approximate surface area is 137 Å². The first-order chi connectivity index (χ1) is 8.76. The maximum atomic E-state index is 4.57. The third-order valence-corrected chi connectivity index (χ3v) is 3.17. The summed E-state index contributed by atoms with van der Waals surface area (Å²) in [7, 11) is 2.03. The van der Waals surface area contributed by atoms with Crippen LogP contribution in [0.2, 0.25) is 0 Å². The molecule has 0 spiro atoms. The van der Waals surface area contributed by atoms with Gasteiger partial charge in [-0.3, -0.25) is 0 Å². The zero-order chi connectivity index (χ0) is 13.2. The van der Waals surface area contributed by atoms with E-state index in [1.165, 1.54) is 11.3 Å². The summed E-state index contributed by atoms with van der Waals surface area (Å²) in [4.78, 5) is 4.57. The molecule has 0 aliphatic carbocycles. The van der Waals surface area contributed by atoms with Gasteiger partial charge in [-0.15, -0.1) is 24.0 Å². The van der Waals surface area contributed by atoms with Crippen molar-refractivity contribution in [2.24, 2.45) is 12.0 Å². The number of rotatable bonds is 7. The number of nitrogens with one attached hydrogen (secondary N) is 2. The van der Waals surface area contributed by atoms with Crippen LogP contribution in [0.1, 0.15) is 18.9 Å². The first-order valence-corrected chi connectivity index (χ1v) is 7.77. The molecule has 0 atom stereocenters. The topological polar surface area (TPSA) is 41.4 Å². The maximum Gasteiger partial charge on any atom is 0.191 e. The molecule has 0 unspecified atom stereocenters. The van der Waals surface area contributed by atoms with Gasteiger partial charge in [0.05, 0.1) is 6.54 Å². The van der Waals surface area contributed by atoms with E-state index < -0.39 is 0 Å². The largest absolute Gasteiger partial charge is 0.357 e. The second-order valence-corrected chi connectivity index (χ2v) is 5.14. The SMILES string of the molecule is CCNC(=NCc1ccn(C)c1)NCCCSC.I. The van der Waals surface area contributed by atoms with E-state index >= 15 is 0 Å². The van der Waals surface area contributed by atoms with Crippen LogP contribution in [0.4, 0.5) is 0 Å². The zero-order valence-electron chi connectivity index (χ0n) is 12.0. The van der Waals surface area contributed by atoms with Gasteiger partial charge in [-0.1, -0.05) is 0 Å². The molecule has 2 N–H and O–H groups in total. The Morgan fingerprint density at radius 1 is 1.42 bits per heavy atom. The van der Waals surface area contributed by atoms with Gasteiger partial charge in [0.1, 0.15) is 0 Å². The van der Waals surface area contributed by atoms with E-state index in [9.17, 15) is 0 Å². The molecular weight excluding hydrogens is 371 g/mol. The molecule has 0 bridgehead atoms. The fourth-order valence-electron chi connectivity index (χ4n) is 1.59. The third-order valence-electron chi connectivity index (χ3n) is 2.47. The number of hydrogen-bond acceptors (Lipinski definition) is 2. The van der Waals surface area contributed by atoms with Gasteiger partial charge in [0.2, 0.25) is 0 Å². The van der Waals surface area contributed by atoms with Crippen molar-refractivity contribution in [3.05, 3.63) is 24.0 Å². The molecule has 0 aromatic carbocycles. The summed E-state index contributed by atoms with van der Waals surface area (Å²) in [5.41, 5.74) is 1.24. The van der Waals surface area contributed by atoms with E-state index in [4.69, 9.17) is 0 Å². The average molecular weight is 396 g/mol. The summed E-state index contributed by atoms with van der Waals surface area (Å²) in [5, 5.41) is 6.61. The summed E-state index contributed by atoms with van der Waals surface area (Å²) < 4.78 is 2.05. The van der Waals surface area contributed by atoms with Crippen LogP contribution in [0.5, 0.6) is 0 Å². The molecule has 0 aliphatic heterocycles. The van der Waals surface area contributed by atoms with E-state index in [1.54, 1.807) is 0 Å². The summed E-state index contributed by atoms with van der Waals surface area (Å²) in [6.07, 6.45) is 7.44. The molecule has 0 saturated carbocycles. The minimum atomic E-state index is 0. The van der Waals surface area contributed by atoms with Gasteiger partial charge >= 0.3 is 0 Å². The highest BCUT2D eigenvalue weighted by molar-refractivity contribution is 14.0. The highest BCUT2D eigenvalue weighted by atomic mass is 127. The van der Waals surface area contributed by atoms with Crippen LogP contribution in [0.15, 0.2) is 23.5 Å². The number of guanidine groups is 1. The summed E-state index contributed by atoms with van der Waals surface area (Å²) in [5.74, 6) is 2.09. The Morgan fingerprint density at radius 2 is 2.21 bits per heavy atom. The van der Waals surface area contributed by atoms with Crippen molar-refractivity contribution in [2.45, 2.75) is 19.9 Å². The lowest BCUT2D eigenvalue weighted by Gasteiger charge is -2.10. The molecule has 1 heterocycles. The Bertz CT molecular complexity index is 365. The van der Waals surface area contributed by atoms with Gasteiger partial charge in [0.25, 0.3) is 0 Å². The second kappa shape index (κ2) is 11.5. The lowest BCUT2D eigenvalue weighted by molar-refractivity contribution is 0.789. The fourth-order valence-corrected chi connectivity index (χ4v) is 2.02. The van der Waals surface area contributed by atoms with Crippen molar-refractivity contribution < 1.29 is 0 Å². The molecule has 6 heteroatoms. The van der Waals surface area contributed by atoms with Crippen molar-refractivity contribution in [2.75, 3.05) is 25.1 Å². The van der Waals surface area contributed by atoms with Crippen molar-refractivity contribution in [1.29, 1.82) is 0 Å². The van der Waals surface area contributed by atoms with Gasteiger partial charge in [-0.25, -0.2) is 4.99 Å². The fraction of sp³-hybridized carbons (Fsp3) is 0.615. The Hall–Kier alpha value is -0.370. The van der Waals surface area contributed by atoms with Crippen molar-refractivity contribution in [1.82, 2.24) is 15.2 Å². The van der Waals surface area contributed by atoms with Crippen LogP contribution in [0.25, 0.3) is 0 Å². The minimum absolute atomic E-state index is 0. The van der Waals surface area contributed by atoms with E-state index in [2.05, 4.69) is 41.1 Å². The van der Waals surface area contributed by atoms with Gasteiger partial charge in [-0.05, 0) is 37.0 Å². The third kappa shape index (κ3) is 8.41. The monoisotopic (exact) mass is 396 g/mol. The predicted molar refractivity (Wildman–Crippen MR) is 96.6 cm³/mol. The molecule has 0 radical (unpaired) electrons. The molecule has 110 valence electrons. The molecule has 1 rings (SSSR count). The first-order valence-electron chi connectivity index (χ1n) is 6.38. The van der Waals surface area contributed by atoms with Crippen molar-refractivity contribution in [3.63, 3.8) is 0 Å². The summed E-state index contributed by atoms with van der Waals surface area (Å²) in [6, 6.07) is 2.10. The number of thioether (sulfide) groups is 1. The minimum Gasteiger partial charge on any atom is -0.357 e. The molecular formula is C13H25IN4S. The van der Waals surface area contributed by atoms with E-state index in [0.717, 1.165) is 32.0 Å². The molecule has 0 aliphatic rings. The second-order valence-electron chi connectivity index (χ2n) is 4.15. The quantitative estimate of drug-likeness (QED) is 0.322. The first kappa shape index (κ1) is 18.6. The Kier molecular flexibility index (Phi) is 11.2. The number of halogens is 1. The van der Waals surface area contributed by atoms with Crippen LogP contribution in [-0.4, -0.2) is 35.6 Å². The standard InChI is InChI=1S/C13H24N4S.HI/c1-4-14-13(15-7-5-9-18-3)16-10-12-6-8-17(2)11-12;/h6,8,11H,4-5,7,9-10H2,1-3H3,(H2,14,15,16);1H. The summed E-state index contributed by atoms with van der Waals surface area (Å²) >= 11 is 1.88. The van der Waals surface area contributed by atoms with Crippen LogP contribution in [0, 0.1) is 0 Å². The van der Waals surface area contributed by atoms with Crippen LogP contribution in [-0.2, 0) is 13.6 Å². The Balaban J connectivity index is 0.00000324. The lowest BCUT2D eigenvalue weighted by Crippen LogP contribution is -2.37. The highest BCUT2D eigenvalue weighted by Gasteiger charge is 1.97. The van der Waals surface area contributed by atoms with Crippen LogP contribution in [0.3, 0.4) is 0 Å². The van der Waals surface area contributed by atoms with Crippen molar-refractivity contribution in [3.8, 4) is 0 Å². The lowest BCUT2D eigenvalue weighted by atomic mass is 10.3. The number of nitrogens with zero attached hydrogens (tertiary/aromatic N) is 2. The molecule has 0 fully saturated rings. The predicted octanol–water partition coefficient (Wildman–Crippen LogP) is 2.45. The van der Waals surface area contributed by atoms with Gasteiger partial charge in [0.15, 0.2) is 5.96 Å². The van der Waals surface area contributed by atoms with Crippen LogP contribution < -0.4 is 10.6 Å². The van der Waals surface area contributed by atoms with Gasteiger partial charge < -0.3 is 15.2 Å². The molecule has 1 aromatic heterocycles. The maximum absolute atomic E-state index is 4.57. The number of aryl methyl sites for hydroxylation is 1. The van der Waals surface area contributed by atoms with E-state index in [1.807, 2.05) is 29.6 Å². The smallest absolute Gasteiger partial charge is 0.191 e. The molecule has 0 saturated heterocycles. The molecule has 4 nitrogen and oxygen atoms in total. The Morgan fingerprint density at radius 3 is 2.79 bits per heavy atom. The zero-order valence-corrected chi connectivity index (χ0v) is 15.1. The van der Waals surface area contributed by atoms with E-state index in [-0.39, 0.29) is 24.0 Å².